The molecule has 0 aromatic heterocycles. The van der Waals surface area contributed by atoms with E-state index in [1.54, 1.807) is 25.3 Å². The maximum Gasteiger partial charge on any atom is 0.252 e. The lowest BCUT2D eigenvalue weighted by atomic mass is 10.1. The second-order valence-corrected chi connectivity index (χ2v) is 4.44. The average Bonchev–Trinajstić information content (AvgIpc) is 2.53. The Morgan fingerprint density at radius 2 is 1.67 bits per heavy atom. The van der Waals surface area contributed by atoms with Gasteiger partial charge in [-0.25, -0.2) is 0 Å². The summed E-state index contributed by atoms with van der Waals surface area (Å²) in [5.74, 6) is -0.199. The molecule has 0 spiro atoms. The summed E-state index contributed by atoms with van der Waals surface area (Å²) in [6, 6.07) is 13.8. The van der Waals surface area contributed by atoms with Crippen LogP contribution in [0, 0.1) is 0 Å². The SMILES string of the molecule is COc1ccc(CNC(=O)c2ccccc2C(N)=O)cc1. The largest absolute Gasteiger partial charge is 0.497 e. The lowest BCUT2D eigenvalue weighted by Crippen LogP contribution is -2.26. The van der Waals surface area contributed by atoms with Gasteiger partial charge in [0.1, 0.15) is 5.75 Å². The van der Waals surface area contributed by atoms with E-state index in [-0.39, 0.29) is 17.0 Å². The standard InChI is InChI=1S/C16H16N2O3/c1-21-12-8-6-11(7-9-12)10-18-16(20)14-5-3-2-4-13(14)15(17)19/h2-9H,10H2,1H3,(H2,17,19)(H,18,20). The Balaban J connectivity index is 2.06. The Morgan fingerprint density at radius 3 is 2.24 bits per heavy atom. The minimum atomic E-state index is -0.620. The van der Waals surface area contributed by atoms with Gasteiger partial charge in [0.15, 0.2) is 0 Å². The van der Waals surface area contributed by atoms with Crippen LogP contribution >= 0.6 is 0 Å². The van der Waals surface area contributed by atoms with Crippen molar-refractivity contribution in [2.45, 2.75) is 6.54 Å². The molecule has 0 heterocycles. The molecular weight excluding hydrogens is 268 g/mol. The summed E-state index contributed by atoms with van der Waals surface area (Å²) < 4.78 is 5.07. The number of nitrogens with two attached hydrogens (primary N) is 1. The smallest absolute Gasteiger partial charge is 0.252 e. The third kappa shape index (κ3) is 3.60. The van der Waals surface area contributed by atoms with E-state index in [9.17, 15) is 9.59 Å². The van der Waals surface area contributed by atoms with Gasteiger partial charge in [0, 0.05) is 6.54 Å². The maximum absolute atomic E-state index is 12.1. The van der Waals surface area contributed by atoms with Crippen LogP contribution in [0.5, 0.6) is 5.75 Å². The number of methoxy groups -OCH3 is 1. The van der Waals surface area contributed by atoms with Crippen molar-refractivity contribution in [2.24, 2.45) is 5.73 Å². The van der Waals surface area contributed by atoms with Gasteiger partial charge in [0.25, 0.3) is 5.91 Å². The highest BCUT2D eigenvalue weighted by Gasteiger charge is 2.13. The number of amides is 2. The van der Waals surface area contributed by atoms with Crippen molar-refractivity contribution in [3.05, 3.63) is 65.2 Å². The number of ether oxygens (including phenoxy) is 1. The molecule has 2 aromatic rings. The first-order valence-corrected chi connectivity index (χ1v) is 6.42. The first kappa shape index (κ1) is 14.6. The fraction of sp³-hybridized carbons (Fsp3) is 0.125. The van der Waals surface area contributed by atoms with Gasteiger partial charge in [-0.05, 0) is 29.8 Å². The molecule has 2 rings (SSSR count). The zero-order chi connectivity index (χ0) is 15.2. The molecule has 0 radical (unpaired) electrons. The van der Waals surface area contributed by atoms with E-state index in [0.29, 0.717) is 6.54 Å². The third-order valence-electron chi connectivity index (χ3n) is 3.05. The van der Waals surface area contributed by atoms with Gasteiger partial charge in [0.05, 0.1) is 18.2 Å². The maximum atomic E-state index is 12.1. The molecule has 108 valence electrons. The molecule has 0 unspecified atom stereocenters. The number of nitrogens with one attached hydrogen (secondary N) is 1. The van der Waals surface area contributed by atoms with Crippen LogP contribution in [0.15, 0.2) is 48.5 Å². The summed E-state index contributed by atoms with van der Waals surface area (Å²) in [5.41, 5.74) is 6.68. The van der Waals surface area contributed by atoms with Crippen molar-refractivity contribution >= 4 is 11.8 Å². The molecule has 2 amide bonds. The fourth-order valence-corrected chi connectivity index (χ4v) is 1.92. The summed E-state index contributed by atoms with van der Waals surface area (Å²) in [5, 5.41) is 2.76. The number of hydrogen-bond donors (Lipinski definition) is 2. The number of hydrogen-bond acceptors (Lipinski definition) is 3. The van der Waals surface area contributed by atoms with Crippen LogP contribution in [0.1, 0.15) is 26.3 Å². The Kier molecular flexibility index (Phi) is 4.56. The zero-order valence-corrected chi connectivity index (χ0v) is 11.6. The predicted octanol–water partition coefficient (Wildman–Crippen LogP) is 1.72. The van der Waals surface area contributed by atoms with Gasteiger partial charge < -0.3 is 15.8 Å². The van der Waals surface area contributed by atoms with Gasteiger partial charge >= 0.3 is 0 Å². The van der Waals surface area contributed by atoms with E-state index >= 15 is 0 Å². The summed E-state index contributed by atoms with van der Waals surface area (Å²) in [7, 11) is 1.59. The molecule has 3 N–H and O–H groups in total. The van der Waals surface area contributed by atoms with Gasteiger partial charge in [-0.3, -0.25) is 9.59 Å². The van der Waals surface area contributed by atoms with Crippen molar-refractivity contribution < 1.29 is 14.3 Å². The zero-order valence-electron chi connectivity index (χ0n) is 11.6. The Labute approximate surface area is 122 Å². The topological polar surface area (TPSA) is 81.4 Å². The van der Waals surface area contributed by atoms with E-state index in [1.165, 1.54) is 6.07 Å². The number of carbonyl (C=O) groups excluding carboxylic acids is 2. The first-order chi connectivity index (χ1) is 10.1. The highest BCUT2D eigenvalue weighted by Crippen LogP contribution is 2.12. The quantitative estimate of drug-likeness (QED) is 0.877. The second kappa shape index (κ2) is 6.56. The van der Waals surface area contributed by atoms with Gasteiger partial charge in [-0.15, -0.1) is 0 Å². The third-order valence-corrected chi connectivity index (χ3v) is 3.05. The van der Waals surface area contributed by atoms with Crippen molar-refractivity contribution in [3.63, 3.8) is 0 Å². The number of primary amides is 1. The van der Waals surface area contributed by atoms with Crippen LogP contribution < -0.4 is 15.8 Å². The lowest BCUT2D eigenvalue weighted by Gasteiger charge is -2.08. The molecule has 2 aromatic carbocycles. The van der Waals surface area contributed by atoms with Gasteiger partial charge in [0.2, 0.25) is 5.91 Å². The van der Waals surface area contributed by atoms with Crippen molar-refractivity contribution in [3.8, 4) is 5.75 Å². The van der Waals surface area contributed by atoms with Crippen molar-refractivity contribution in [1.29, 1.82) is 0 Å². The van der Waals surface area contributed by atoms with E-state index in [2.05, 4.69) is 5.32 Å². The van der Waals surface area contributed by atoms with E-state index < -0.39 is 5.91 Å². The number of rotatable bonds is 5. The summed E-state index contributed by atoms with van der Waals surface area (Å²) in [6.07, 6.45) is 0. The highest BCUT2D eigenvalue weighted by molar-refractivity contribution is 6.06. The van der Waals surface area contributed by atoms with Crippen molar-refractivity contribution in [1.82, 2.24) is 5.32 Å². The van der Waals surface area contributed by atoms with E-state index in [1.807, 2.05) is 24.3 Å². The van der Waals surface area contributed by atoms with Crippen LogP contribution in [0.3, 0.4) is 0 Å². The molecule has 5 nitrogen and oxygen atoms in total. The normalized spacial score (nSPS) is 9.95. The summed E-state index contributed by atoms with van der Waals surface area (Å²) in [6.45, 7) is 0.357. The Morgan fingerprint density at radius 1 is 1.05 bits per heavy atom. The second-order valence-electron chi connectivity index (χ2n) is 4.44. The summed E-state index contributed by atoms with van der Waals surface area (Å²) in [4.78, 5) is 23.4. The number of carbonyl (C=O) groups is 2. The molecule has 0 saturated heterocycles. The number of benzene rings is 2. The molecule has 0 aliphatic heterocycles. The van der Waals surface area contributed by atoms with Gasteiger partial charge in [-0.1, -0.05) is 24.3 Å². The Bertz CT molecular complexity index is 651. The van der Waals surface area contributed by atoms with Crippen LogP contribution in [0.4, 0.5) is 0 Å². The van der Waals surface area contributed by atoms with Crippen molar-refractivity contribution in [2.75, 3.05) is 7.11 Å². The monoisotopic (exact) mass is 284 g/mol. The van der Waals surface area contributed by atoms with Crippen LogP contribution in [0.2, 0.25) is 0 Å². The minimum Gasteiger partial charge on any atom is -0.497 e. The Hall–Kier alpha value is -2.82. The first-order valence-electron chi connectivity index (χ1n) is 6.42. The minimum absolute atomic E-state index is 0.213. The van der Waals surface area contributed by atoms with E-state index in [0.717, 1.165) is 11.3 Å². The predicted molar refractivity (Wildman–Crippen MR) is 79.1 cm³/mol. The molecule has 0 atom stereocenters. The van der Waals surface area contributed by atoms with E-state index in [4.69, 9.17) is 10.5 Å². The molecular formula is C16H16N2O3. The molecule has 0 fully saturated rings. The lowest BCUT2D eigenvalue weighted by molar-refractivity contribution is 0.0934. The molecule has 0 bridgehead atoms. The van der Waals surface area contributed by atoms with Crippen LogP contribution in [0.25, 0.3) is 0 Å². The summed E-state index contributed by atoms with van der Waals surface area (Å²) >= 11 is 0. The fourth-order valence-electron chi connectivity index (χ4n) is 1.92. The molecule has 0 aliphatic carbocycles. The molecule has 5 heteroatoms. The van der Waals surface area contributed by atoms with Crippen LogP contribution in [-0.2, 0) is 6.54 Å². The van der Waals surface area contributed by atoms with Crippen LogP contribution in [-0.4, -0.2) is 18.9 Å². The van der Waals surface area contributed by atoms with Gasteiger partial charge in [-0.2, -0.15) is 0 Å². The highest BCUT2D eigenvalue weighted by atomic mass is 16.5. The average molecular weight is 284 g/mol. The molecule has 0 aliphatic rings. The molecule has 0 saturated carbocycles. The molecule has 21 heavy (non-hydrogen) atoms.